The second-order valence-corrected chi connectivity index (χ2v) is 10.2. The Labute approximate surface area is 182 Å². The van der Waals surface area contributed by atoms with Crippen molar-refractivity contribution in [2.24, 2.45) is 11.3 Å². The number of hydrogen-bond acceptors (Lipinski definition) is 4. The number of benzene rings is 1. The van der Waals surface area contributed by atoms with Crippen LogP contribution in [0.3, 0.4) is 0 Å². The molecule has 3 heterocycles. The van der Waals surface area contributed by atoms with Crippen molar-refractivity contribution in [2.45, 2.75) is 44.9 Å². The van der Waals surface area contributed by atoms with Crippen LogP contribution in [-0.2, 0) is 16.0 Å². The van der Waals surface area contributed by atoms with Crippen molar-refractivity contribution < 1.29 is 9.59 Å². The average molecular weight is 424 g/mol. The zero-order chi connectivity index (χ0) is 20.7. The lowest BCUT2D eigenvalue weighted by molar-refractivity contribution is -0.137. The molecule has 0 bridgehead atoms. The SMILES string of the molecule is Cc1ccccc1CC(=O)N1C[C@@H](c2nccs2)[C@]2(CCN(CC3CCC3)C2=O)C1. The van der Waals surface area contributed by atoms with Crippen molar-refractivity contribution in [3.05, 3.63) is 52.0 Å². The molecule has 5 nitrogen and oxygen atoms in total. The van der Waals surface area contributed by atoms with E-state index in [0.29, 0.717) is 25.4 Å². The van der Waals surface area contributed by atoms with Gasteiger partial charge in [0.25, 0.3) is 0 Å². The van der Waals surface area contributed by atoms with Crippen LogP contribution in [0.2, 0.25) is 0 Å². The quantitative estimate of drug-likeness (QED) is 0.738. The van der Waals surface area contributed by atoms with Gasteiger partial charge in [0, 0.05) is 43.7 Å². The van der Waals surface area contributed by atoms with Gasteiger partial charge < -0.3 is 9.80 Å². The number of hydrogen-bond donors (Lipinski definition) is 0. The molecule has 0 radical (unpaired) electrons. The number of likely N-dealkylation sites (tertiary alicyclic amines) is 2. The molecule has 6 heteroatoms. The van der Waals surface area contributed by atoms with Crippen molar-refractivity contribution in [3.63, 3.8) is 0 Å². The van der Waals surface area contributed by atoms with Crippen molar-refractivity contribution in [1.29, 1.82) is 0 Å². The van der Waals surface area contributed by atoms with E-state index < -0.39 is 5.41 Å². The summed E-state index contributed by atoms with van der Waals surface area (Å²) in [5.74, 6) is 1.05. The summed E-state index contributed by atoms with van der Waals surface area (Å²) in [6, 6.07) is 8.06. The molecular weight excluding hydrogens is 394 g/mol. The number of rotatable bonds is 5. The van der Waals surface area contributed by atoms with Gasteiger partial charge in [0.15, 0.2) is 0 Å². The summed E-state index contributed by atoms with van der Waals surface area (Å²) in [6.45, 7) is 4.88. The molecule has 0 N–H and O–H groups in total. The van der Waals surface area contributed by atoms with Gasteiger partial charge in [-0.15, -0.1) is 11.3 Å². The second-order valence-electron chi connectivity index (χ2n) is 9.25. The third-order valence-corrected chi connectivity index (χ3v) is 8.38. The molecule has 3 aliphatic rings. The molecule has 1 aromatic heterocycles. The van der Waals surface area contributed by atoms with Gasteiger partial charge in [0.2, 0.25) is 11.8 Å². The summed E-state index contributed by atoms with van der Waals surface area (Å²) >= 11 is 1.61. The first-order chi connectivity index (χ1) is 14.6. The van der Waals surface area contributed by atoms with Crippen molar-refractivity contribution in [1.82, 2.24) is 14.8 Å². The largest absolute Gasteiger partial charge is 0.342 e. The highest BCUT2D eigenvalue weighted by Crippen LogP contribution is 2.50. The second kappa shape index (κ2) is 7.80. The summed E-state index contributed by atoms with van der Waals surface area (Å²) in [7, 11) is 0. The highest BCUT2D eigenvalue weighted by Gasteiger charge is 2.58. The van der Waals surface area contributed by atoms with Crippen LogP contribution in [0.5, 0.6) is 0 Å². The first kappa shape index (κ1) is 19.7. The smallest absolute Gasteiger partial charge is 0.231 e. The minimum atomic E-state index is -0.497. The monoisotopic (exact) mass is 423 g/mol. The predicted octanol–water partition coefficient (Wildman–Crippen LogP) is 3.64. The van der Waals surface area contributed by atoms with Gasteiger partial charge in [0.05, 0.1) is 16.8 Å². The zero-order valence-electron chi connectivity index (χ0n) is 17.5. The fourth-order valence-corrected chi connectivity index (χ4v) is 6.24. The Bertz CT molecular complexity index is 940. The summed E-state index contributed by atoms with van der Waals surface area (Å²) < 4.78 is 0. The van der Waals surface area contributed by atoms with Crippen molar-refractivity contribution in [3.8, 4) is 0 Å². The zero-order valence-corrected chi connectivity index (χ0v) is 18.4. The van der Waals surface area contributed by atoms with E-state index in [0.717, 1.165) is 35.6 Å². The molecule has 1 aromatic carbocycles. The van der Waals surface area contributed by atoms with Gasteiger partial charge in [-0.3, -0.25) is 9.59 Å². The Morgan fingerprint density at radius 1 is 1.30 bits per heavy atom. The number of nitrogens with zero attached hydrogens (tertiary/aromatic N) is 3. The summed E-state index contributed by atoms with van der Waals surface area (Å²) in [6.07, 6.45) is 6.82. The number of thiazole rings is 1. The molecule has 2 atom stereocenters. The van der Waals surface area contributed by atoms with Crippen LogP contribution >= 0.6 is 11.3 Å². The van der Waals surface area contributed by atoms with Gasteiger partial charge in [-0.1, -0.05) is 30.7 Å². The van der Waals surface area contributed by atoms with Gasteiger partial charge in [-0.2, -0.15) is 0 Å². The van der Waals surface area contributed by atoms with Crippen LogP contribution in [0.15, 0.2) is 35.8 Å². The Hall–Kier alpha value is -2.21. The normalized spacial score (nSPS) is 26.6. The van der Waals surface area contributed by atoms with E-state index in [-0.39, 0.29) is 17.7 Å². The van der Waals surface area contributed by atoms with E-state index in [1.807, 2.05) is 47.7 Å². The van der Waals surface area contributed by atoms with Gasteiger partial charge in [-0.25, -0.2) is 4.98 Å². The third-order valence-electron chi connectivity index (χ3n) is 7.49. The molecule has 1 aliphatic carbocycles. The van der Waals surface area contributed by atoms with Crippen molar-refractivity contribution >= 4 is 23.2 Å². The van der Waals surface area contributed by atoms with E-state index in [9.17, 15) is 9.59 Å². The van der Waals surface area contributed by atoms with Gasteiger partial charge in [0.1, 0.15) is 0 Å². The highest BCUT2D eigenvalue weighted by molar-refractivity contribution is 7.09. The molecule has 5 rings (SSSR count). The standard InChI is InChI=1S/C24H29N3O2S/c1-17-5-2-3-8-19(17)13-21(28)27-15-20(22-25-10-12-30-22)24(16-27)9-11-26(23(24)29)14-18-6-4-7-18/h2-3,5,8,10,12,18,20H,4,6-7,9,11,13-16H2,1H3/t20-,24-/m0/s1. The van der Waals surface area contributed by atoms with Crippen LogP contribution < -0.4 is 0 Å². The summed E-state index contributed by atoms with van der Waals surface area (Å²) in [4.78, 5) is 35.5. The van der Waals surface area contributed by atoms with E-state index in [2.05, 4.69) is 9.88 Å². The first-order valence-electron chi connectivity index (χ1n) is 11.1. The lowest BCUT2D eigenvalue weighted by Crippen LogP contribution is -2.42. The molecule has 1 saturated carbocycles. The Morgan fingerprint density at radius 3 is 2.83 bits per heavy atom. The Kier molecular flexibility index (Phi) is 5.13. The molecular formula is C24H29N3O2S. The van der Waals surface area contributed by atoms with E-state index in [1.165, 1.54) is 19.3 Å². The van der Waals surface area contributed by atoms with E-state index in [4.69, 9.17) is 0 Å². The molecule has 158 valence electrons. The van der Waals surface area contributed by atoms with Crippen LogP contribution in [0.4, 0.5) is 0 Å². The number of carbonyl (C=O) groups excluding carboxylic acids is 2. The highest BCUT2D eigenvalue weighted by atomic mass is 32.1. The molecule has 2 aromatic rings. The third kappa shape index (κ3) is 3.35. The molecule has 0 unspecified atom stereocenters. The first-order valence-corrected chi connectivity index (χ1v) is 12.0. The van der Waals surface area contributed by atoms with Crippen LogP contribution in [-0.4, -0.2) is 52.8 Å². The van der Waals surface area contributed by atoms with Gasteiger partial charge in [-0.05, 0) is 43.2 Å². The fourth-order valence-electron chi connectivity index (χ4n) is 5.39. The number of amides is 2. The van der Waals surface area contributed by atoms with E-state index >= 15 is 0 Å². The number of aromatic nitrogens is 1. The minimum Gasteiger partial charge on any atom is -0.342 e. The van der Waals surface area contributed by atoms with E-state index in [1.54, 1.807) is 11.3 Å². The number of carbonyl (C=O) groups is 2. The molecule has 2 amide bonds. The summed E-state index contributed by atoms with van der Waals surface area (Å²) in [5.41, 5.74) is 1.71. The predicted molar refractivity (Wildman–Crippen MR) is 117 cm³/mol. The maximum atomic E-state index is 13.7. The van der Waals surface area contributed by atoms with Crippen molar-refractivity contribution in [2.75, 3.05) is 26.2 Å². The van der Waals surface area contributed by atoms with Crippen LogP contribution in [0.1, 0.15) is 47.7 Å². The molecule has 2 saturated heterocycles. The topological polar surface area (TPSA) is 53.5 Å². The Balaban J connectivity index is 1.38. The average Bonchev–Trinajstić information content (AvgIpc) is 3.42. The Morgan fingerprint density at radius 2 is 2.13 bits per heavy atom. The lowest BCUT2D eigenvalue weighted by Gasteiger charge is -2.32. The molecule has 1 spiro atoms. The van der Waals surface area contributed by atoms with Crippen LogP contribution in [0.25, 0.3) is 0 Å². The van der Waals surface area contributed by atoms with Crippen LogP contribution in [0, 0.1) is 18.3 Å². The molecule has 2 aliphatic heterocycles. The number of aryl methyl sites for hydroxylation is 1. The maximum absolute atomic E-state index is 13.7. The fraction of sp³-hybridized carbons (Fsp3) is 0.542. The minimum absolute atomic E-state index is 0.0113. The molecule has 30 heavy (non-hydrogen) atoms. The van der Waals surface area contributed by atoms with Gasteiger partial charge >= 0.3 is 0 Å². The molecule has 3 fully saturated rings. The summed E-state index contributed by atoms with van der Waals surface area (Å²) in [5, 5.41) is 2.98. The lowest BCUT2D eigenvalue weighted by atomic mass is 9.76. The maximum Gasteiger partial charge on any atom is 0.231 e.